The van der Waals surface area contributed by atoms with Crippen LogP contribution in [-0.4, -0.2) is 13.1 Å². The van der Waals surface area contributed by atoms with Gasteiger partial charge < -0.3 is 10.6 Å². The Hall–Kier alpha value is -1.18. The van der Waals surface area contributed by atoms with Gasteiger partial charge in [-0.25, -0.2) is 0 Å². The summed E-state index contributed by atoms with van der Waals surface area (Å²) in [5, 5.41) is 0. The number of aryl methyl sites for hydroxylation is 1. The van der Waals surface area contributed by atoms with E-state index in [1.54, 1.807) is 0 Å². The van der Waals surface area contributed by atoms with Crippen LogP contribution in [0, 0.1) is 6.92 Å². The molecule has 0 aromatic heterocycles. The summed E-state index contributed by atoms with van der Waals surface area (Å²) >= 11 is 0. The maximum atomic E-state index is 5.75. The SMILES string of the molecule is CCCCN(CC)c1ccc(N)cc1C. The molecule has 0 aliphatic carbocycles. The summed E-state index contributed by atoms with van der Waals surface area (Å²) in [7, 11) is 0. The van der Waals surface area contributed by atoms with Crippen LogP contribution < -0.4 is 10.6 Å². The lowest BCUT2D eigenvalue weighted by Crippen LogP contribution is -2.24. The molecule has 2 N–H and O–H groups in total. The molecule has 2 nitrogen and oxygen atoms in total. The number of hydrogen-bond acceptors (Lipinski definition) is 2. The molecule has 1 aromatic carbocycles. The molecule has 2 heteroatoms. The highest BCUT2D eigenvalue weighted by Crippen LogP contribution is 2.22. The van der Waals surface area contributed by atoms with Crippen LogP contribution in [0.2, 0.25) is 0 Å². The molecule has 0 atom stereocenters. The first-order chi connectivity index (χ1) is 7.19. The smallest absolute Gasteiger partial charge is 0.0397 e. The van der Waals surface area contributed by atoms with Gasteiger partial charge in [0, 0.05) is 24.5 Å². The fourth-order valence-corrected chi connectivity index (χ4v) is 1.83. The predicted octanol–water partition coefficient (Wildman–Crippen LogP) is 3.20. The molecule has 0 saturated carbocycles. The highest BCUT2D eigenvalue weighted by atomic mass is 15.1. The first kappa shape index (κ1) is 11.9. The van der Waals surface area contributed by atoms with E-state index in [0.29, 0.717) is 0 Å². The van der Waals surface area contributed by atoms with Crippen LogP contribution in [0.4, 0.5) is 11.4 Å². The van der Waals surface area contributed by atoms with Crippen LogP contribution >= 0.6 is 0 Å². The van der Waals surface area contributed by atoms with E-state index in [2.05, 4.69) is 31.7 Å². The Morgan fingerprint density at radius 3 is 2.53 bits per heavy atom. The van der Waals surface area contributed by atoms with Gasteiger partial charge in [0.25, 0.3) is 0 Å². The van der Waals surface area contributed by atoms with E-state index in [-0.39, 0.29) is 0 Å². The third-order valence-corrected chi connectivity index (χ3v) is 2.72. The zero-order valence-corrected chi connectivity index (χ0v) is 10.1. The van der Waals surface area contributed by atoms with Gasteiger partial charge in [0.15, 0.2) is 0 Å². The normalized spacial score (nSPS) is 10.3. The van der Waals surface area contributed by atoms with Gasteiger partial charge in [0.2, 0.25) is 0 Å². The van der Waals surface area contributed by atoms with Crippen LogP contribution in [0.25, 0.3) is 0 Å². The molecule has 0 aliphatic rings. The minimum absolute atomic E-state index is 0.850. The lowest BCUT2D eigenvalue weighted by molar-refractivity contribution is 0.730. The Morgan fingerprint density at radius 2 is 2.00 bits per heavy atom. The highest BCUT2D eigenvalue weighted by molar-refractivity contribution is 5.59. The lowest BCUT2D eigenvalue weighted by Gasteiger charge is -2.25. The summed E-state index contributed by atoms with van der Waals surface area (Å²) < 4.78 is 0. The van der Waals surface area contributed by atoms with Gasteiger partial charge in [-0.2, -0.15) is 0 Å². The van der Waals surface area contributed by atoms with Crippen molar-refractivity contribution in [1.29, 1.82) is 0 Å². The largest absolute Gasteiger partial charge is 0.399 e. The number of rotatable bonds is 5. The molecule has 15 heavy (non-hydrogen) atoms. The topological polar surface area (TPSA) is 29.3 Å². The Morgan fingerprint density at radius 1 is 1.27 bits per heavy atom. The summed E-state index contributed by atoms with van der Waals surface area (Å²) in [5.41, 5.74) is 9.19. The summed E-state index contributed by atoms with van der Waals surface area (Å²) in [5.74, 6) is 0. The summed E-state index contributed by atoms with van der Waals surface area (Å²) in [4.78, 5) is 2.41. The molecule has 0 bridgehead atoms. The molecule has 0 heterocycles. The predicted molar refractivity (Wildman–Crippen MR) is 68.4 cm³/mol. The van der Waals surface area contributed by atoms with Crippen molar-refractivity contribution in [3.63, 3.8) is 0 Å². The molecule has 1 aromatic rings. The van der Waals surface area contributed by atoms with E-state index >= 15 is 0 Å². The Labute approximate surface area is 93.1 Å². The first-order valence-corrected chi connectivity index (χ1v) is 5.80. The van der Waals surface area contributed by atoms with Crippen molar-refractivity contribution in [2.75, 3.05) is 23.7 Å². The van der Waals surface area contributed by atoms with Gasteiger partial charge in [-0.05, 0) is 44.0 Å². The van der Waals surface area contributed by atoms with Crippen molar-refractivity contribution in [3.8, 4) is 0 Å². The molecule has 0 saturated heterocycles. The number of hydrogen-bond donors (Lipinski definition) is 1. The van der Waals surface area contributed by atoms with E-state index in [1.165, 1.54) is 24.1 Å². The van der Waals surface area contributed by atoms with Crippen molar-refractivity contribution in [2.45, 2.75) is 33.6 Å². The van der Waals surface area contributed by atoms with Gasteiger partial charge in [-0.1, -0.05) is 13.3 Å². The molecule has 0 unspecified atom stereocenters. The number of nitrogens with zero attached hydrogens (tertiary/aromatic N) is 1. The minimum Gasteiger partial charge on any atom is -0.399 e. The van der Waals surface area contributed by atoms with E-state index in [1.807, 2.05) is 12.1 Å². The monoisotopic (exact) mass is 206 g/mol. The average Bonchev–Trinajstić information content (AvgIpc) is 2.21. The minimum atomic E-state index is 0.850. The van der Waals surface area contributed by atoms with Crippen LogP contribution in [0.1, 0.15) is 32.3 Å². The Bertz CT molecular complexity index is 307. The second kappa shape index (κ2) is 5.64. The molecule has 0 spiro atoms. The molecule has 0 radical (unpaired) electrons. The van der Waals surface area contributed by atoms with Crippen LogP contribution in [0.3, 0.4) is 0 Å². The van der Waals surface area contributed by atoms with E-state index in [9.17, 15) is 0 Å². The second-order valence-electron chi connectivity index (χ2n) is 3.98. The third-order valence-electron chi connectivity index (χ3n) is 2.72. The number of anilines is 2. The molecule has 84 valence electrons. The van der Waals surface area contributed by atoms with Gasteiger partial charge >= 0.3 is 0 Å². The van der Waals surface area contributed by atoms with Gasteiger partial charge in [0.1, 0.15) is 0 Å². The summed E-state index contributed by atoms with van der Waals surface area (Å²) in [6.45, 7) is 8.75. The van der Waals surface area contributed by atoms with Gasteiger partial charge in [0.05, 0.1) is 0 Å². The number of nitrogen functional groups attached to an aromatic ring is 1. The molecular formula is C13H22N2. The fourth-order valence-electron chi connectivity index (χ4n) is 1.83. The van der Waals surface area contributed by atoms with Crippen molar-refractivity contribution in [1.82, 2.24) is 0 Å². The van der Waals surface area contributed by atoms with E-state index < -0.39 is 0 Å². The Balaban J connectivity index is 2.81. The van der Waals surface area contributed by atoms with Crippen LogP contribution in [-0.2, 0) is 0 Å². The number of benzene rings is 1. The maximum absolute atomic E-state index is 5.75. The van der Waals surface area contributed by atoms with E-state index in [4.69, 9.17) is 5.73 Å². The highest BCUT2D eigenvalue weighted by Gasteiger charge is 2.06. The van der Waals surface area contributed by atoms with Gasteiger partial charge in [-0.3, -0.25) is 0 Å². The summed E-state index contributed by atoms with van der Waals surface area (Å²) in [6, 6.07) is 6.16. The van der Waals surface area contributed by atoms with Gasteiger partial charge in [-0.15, -0.1) is 0 Å². The van der Waals surface area contributed by atoms with Crippen molar-refractivity contribution in [3.05, 3.63) is 23.8 Å². The molecule has 1 rings (SSSR count). The van der Waals surface area contributed by atoms with Crippen molar-refractivity contribution in [2.24, 2.45) is 0 Å². The zero-order valence-electron chi connectivity index (χ0n) is 10.1. The van der Waals surface area contributed by atoms with Crippen molar-refractivity contribution >= 4 is 11.4 Å². The van der Waals surface area contributed by atoms with E-state index in [0.717, 1.165) is 18.8 Å². The molecular weight excluding hydrogens is 184 g/mol. The number of nitrogens with two attached hydrogens (primary N) is 1. The second-order valence-corrected chi connectivity index (χ2v) is 3.98. The molecule has 0 amide bonds. The maximum Gasteiger partial charge on any atom is 0.0397 e. The quantitative estimate of drug-likeness (QED) is 0.750. The first-order valence-electron chi connectivity index (χ1n) is 5.80. The third kappa shape index (κ3) is 3.15. The van der Waals surface area contributed by atoms with Crippen LogP contribution in [0.5, 0.6) is 0 Å². The van der Waals surface area contributed by atoms with Crippen LogP contribution in [0.15, 0.2) is 18.2 Å². The Kier molecular flexibility index (Phi) is 4.47. The standard InChI is InChI=1S/C13H22N2/c1-4-6-9-15(5-2)13-8-7-12(14)10-11(13)3/h7-8,10H,4-6,9,14H2,1-3H3. The summed E-state index contributed by atoms with van der Waals surface area (Å²) in [6.07, 6.45) is 2.49. The lowest BCUT2D eigenvalue weighted by atomic mass is 10.1. The van der Waals surface area contributed by atoms with Crippen molar-refractivity contribution < 1.29 is 0 Å². The molecule has 0 fully saturated rings. The number of unbranched alkanes of at least 4 members (excludes halogenated alkanes) is 1. The average molecular weight is 206 g/mol. The molecule has 0 aliphatic heterocycles. The zero-order chi connectivity index (χ0) is 11.3. The fraction of sp³-hybridized carbons (Fsp3) is 0.538.